The predicted octanol–water partition coefficient (Wildman–Crippen LogP) is 3.14. The maximum absolute atomic E-state index is 5.72. The average Bonchev–Trinajstić information content (AvgIpc) is 2.50. The van der Waals surface area contributed by atoms with Crippen molar-refractivity contribution in [2.24, 2.45) is 0 Å². The predicted molar refractivity (Wildman–Crippen MR) is 80.4 cm³/mol. The first kappa shape index (κ1) is 13.2. The van der Waals surface area contributed by atoms with Crippen molar-refractivity contribution in [2.45, 2.75) is 26.4 Å². The molecule has 4 heteroatoms. The van der Waals surface area contributed by atoms with Crippen molar-refractivity contribution >= 4 is 16.6 Å². The average molecular weight is 272 g/mol. The van der Waals surface area contributed by atoms with Crippen LogP contribution >= 0.6 is 0 Å². The second kappa shape index (κ2) is 5.67. The molecule has 1 N–H and O–H groups in total. The van der Waals surface area contributed by atoms with Crippen LogP contribution in [0.4, 0.5) is 5.69 Å². The molecule has 0 spiro atoms. The Labute approximate surface area is 119 Å². The van der Waals surface area contributed by atoms with Gasteiger partial charge >= 0.3 is 0 Å². The summed E-state index contributed by atoms with van der Waals surface area (Å²) in [6.07, 6.45) is 1.89. The molecule has 106 valence electrons. The molecule has 1 aromatic heterocycles. The molecule has 0 saturated heterocycles. The topological polar surface area (TPSA) is 43.4 Å². The van der Waals surface area contributed by atoms with E-state index >= 15 is 0 Å². The summed E-state index contributed by atoms with van der Waals surface area (Å²) in [5.41, 5.74) is 4.46. The highest BCUT2D eigenvalue weighted by Gasteiger charge is 2.18. The zero-order valence-corrected chi connectivity index (χ0v) is 12.0. The zero-order valence-electron chi connectivity index (χ0n) is 12.0. The lowest BCUT2D eigenvalue weighted by Gasteiger charge is -2.21. The van der Waals surface area contributed by atoms with E-state index in [9.17, 15) is 0 Å². The number of fused-ring (bicyclic) bond motifs is 2. The molecule has 1 aliphatic rings. The molecule has 0 aliphatic carbocycles. The molecule has 0 fully saturated rings. The lowest BCUT2D eigenvalue weighted by Crippen LogP contribution is -2.14. The van der Waals surface area contributed by atoms with Crippen LogP contribution in [-0.4, -0.2) is 25.2 Å². The van der Waals surface area contributed by atoms with E-state index in [1.54, 1.807) is 0 Å². The van der Waals surface area contributed by atoms with Crippen molar-refractivity contribution in [1.29, 1.82) is 0 Å². The van der Waals surface area contributed by atoms with Gasteiger partial charge in [-0.25, -0.2) is 0 Å². The maximum Gasteiger partial charge on any atom is 0.120 e. The first-order valence-corrected chi connectivity index (χ1v) is 7.17. The summed E-state index contributed by atoms with van der Waals surface area (Å²) < 4.78 is 11.3. The molecule has 2 aromatic rings. The van der Waals surface area contributed by atoms with Gasteiger partial charge in [0, 0.05) is 24.4 Å². The number of pyridine rings is 1. The maximum atomic E-state index is 5.72. The molecule has 4 nitrogen and oxygen atoms in total. The first-order chi connectivity index (χ1) is 9.83. The Morgan fingerprint density at radius 1 is 1.40 bits per heavy atom. The van der Waals surface area contributed by atoms with E-state index in [1.165, 1.54) is 5.56 Å². The number of rotatable bonds is 4. The molecule has 1 aromatic carbocycles. The summed E-state index contributed by atoms with van der Waals surface area (Å²) >= 11 is 0. The summed E-state index contributed by atoms with van der Waals surface area (Å²) in [5, 5.41) is 4.41. The van der Waals surface area contributed by atoms with Crippen LogP contribution in [0.25, 0.3) is 10.9 Å². The number of nitrogens with zero attached hydrogens (tertiary/aromatic N) is 1. The lowest BCUT2D eigenvalue weighted by atomic mass is 10.0. The number of ether oxygens (including phenoxy) is 2. The molecular formula is C16H20N2O2. The monoisotopic (exact) mass is 272 g/mol. The van der Waals surface area contributed by atoms with E-state index < -0.39 is 0 Å². The number of nitrogens with one attached hydrogen (secondary N) is 1. The number of anilines is 1. The zero-order chi connectivity index (χ0) is 13.9. The minimum Gasteiger partial charge on any atom is -0.494 e. The Morgan fingerprint density at radius 3 is 3.10 bits per heavy atom. The molecule has 0 bridgehead atoms. The van der Waals surface area contributed by atoms with Crippen LogP contribution in [0.3, 0.4) is 0 Å². The van der Waals surface area contributed by atoms with E-state index in [4.69, 9.17) is 14.5 Å². The van der Waals surface area contributed by atoms with Crippen LogP contribution in [0.15, 0.2) is 18.2 Å². The van der Waals surface area contributed by atoms with Gasteiger partial charge in [-0.3, -0.25) is 4.98 Å². The molecule has 0 radical (unpaired) electrons. The molecule has 1 aliphatic heterocycles. The Morgan fingerprint density at radius 2 is 2.30 bits per heavy atom. The van der Waals surface area contributed by atoms with Gasteiger partial charge in [0.05, 0.1) is 36.7 Å². The van der Waals surface area contributed by atoms with Gasteiger partial charge in [-0.1, -0.05) is 6.92 Å². The van der Waals surface area contributed by atoms with Crippen LogP contribution in [0.2, 0.25) is 0 Å². The van der Waals surface area contributed by atoms with Crippen molar-refractivity contribution in [3.63, 3.8) is 0 Å². The molecule has 3 rings (SSSR count). The van der Waals surface area contributed by atoms with Crippen LogP contribution in [0.5, 0.6) is 5.75 Å². The van der Waals surface area contributed by atoms with E-state index in [0.717, 1.165) is 54.1 Å². The van der Waals surface area contributed by atoms with Gasteiger partial charge in [-0.15, -0.1) is 0 Å². The highest BCUT2D eigenvalue weighted by molar-refractivity contribution is 5.94. The Bertz CT molecular complexity index is 625. The summed E-state index contributed by atoms with van der Waals surface area (Å²) in [6.45, 7) is 4.23. The third-order valence-corrected chi connectivity index (χ3v) is 3.60. The van der Waals surface area contributed by atoms with Crippen LogP contribution < -0.4 is 10.1 Å². The summed E-state index contributed by atoms with van der Waals surface area (Å²) in [4.78, 5) is 4.77. The van der Waals surface area contributed by atoms with Crippen molar-refractivity contribution < 1.29 is 9.47 Å². The second-order valence-corrected chi connectivity index (χ2v) is 4.99. The first-order valence-electron chi connectivity index (χ1n) is 7.17. The van der Waals surface area contributed by atoms with Gasteiger partial charge in [-0.2, -0.15) is 0 Å². The van der Waals surface area contributed by atoms with Crippen LogP contribution in [0, 0.1) is 0 Å². The Balaban J connectivity index is 2.12. The quantitative estimate of drug-likeness (QED) is 0.928. The fourth-order valence-corrected chi connectivity index (χ4v) is 2.63. The second-order valence-electron chi connectivity index (χ2n) is 4.99. The van der Waals surface area contributed by atoms with Crippen molar-refractivity contribution in [2.75, 3.05) is 25.6 Å². The van der Waals surface area contributed by atoms with Crippen LogP contribution in [0.1, 0.15) is 24.6 Å². The van der Waals surface area contributed by atoms with E-state index in [2.05, 4.69) is 18.3 Å². The number of hydrogen-bond acceptors (Lipinski definition) is 4. The standard InChI is InChI=1S/C16H20N2O2/c1-3-7-20-11-4-5-14-12(9-11)16(17-2)13-10-19-8-6-15(13)18-14/h4-5,9H,3,6-8,10H2,1-2H3,(H,17,18). The van der Waals surface area contributed by atoms with E-state index in [0.29, 0.717) is 6.61 Å². The fourth-order valence-electron chi connectivity index (χ4n) is 2.63. The summed E-state index contributed by atoms with van der Waals surface area (Å²) in [7, 11) is 1.95. The van der Waals surface area contributed by atoms with Crippen LogP contribution in [-0.2, 0) is 17.8 Å². The van der Waals surface area contributed by atoms with Crippen molar-refractivity contribution in [3.05, 3.63) is 29.5 Å². The van der Waals surface area contributed by atoms with Gasteiger partial charge in [0.25, 0.3) is 0 Å². The minimum absolute atomic E-state index is 0.633. The molecule has 0 unspecified atom stereocenters. The third kappa shape index (κ3) is 2.31. The van der Waals surface area contributed by atoms with Gasteiger partial charge < -0.3 is 14.8 Å². The third-order valence-electron chi connectivity index (χ3n) is 3.60. The van der Waals surface area contributed by atoms with Gasteiger partial charge in [0.2, 0.25) is 0 Å². The van der Waals surface area contributed by atoms with E-state index in [-0.39, 0.29) is 0 Å². The smallest absolute Gasteiger partial charge is 0.120 e. The SMILES string of the molecule is CCCOc1ccc2nc3c(c(NC)c2c1)COCC3. The van der Waals surface area contributed by atoms with Gasteiger partial charge in [0.15, 0.2) is 0 Å². The van der Waals surface area contributed by atoms with Gasteiger partial charge in [-0.05, 0) is 24.6 Å². The Kier molecular flexibility index (Phi) is 3.74. The number of hydrogen-bond donors (Lipinski definition) is 1. The molecule has 20 heavy (non-hydrogen) atoms. The summed E-state index contributed by atoms with van der Waals surface area (Å²) in [6, 6.07) is 6.10. The highest BCUT2D eigenvalue weighted by Crippen LogP contribution is 2.33. The molecule has 0 amide bonds. The largest absolute Gasteiger partial charge is 0.494 e. The van der Waals surface area contributed by atoms with Gasteiger partial charge in [0.1, 0.15) is 5.75 Å². The molecule has 0 saturated carbocycles. The number of aromatic nitrogens is 1. The van der Waals surface area contributed by atoms with Crippen molar-refractivity contribution in [3.8, 4) is 5.75 Å². The number of benzene rings is 1. The normalized spacial score (nSPS) is 14.1. The Hall–Kier alpha value is -1.81. The molecular weight excluding hydrogens is 252 g/mol. The molecule has 2 heterocycles. The summed E-state index contributed by atoms with van der Waals surface area (Å²) in [5.74, 6) is 0.898. The van der Waals surface area contributed by atoms with E-state index in [1.807, 2.05) is 19.2 Å². The van der Waals surface area contributed by atoms with Crippen molar-refractivity contribution in [1.82, 2.24) is 4.98 Å². The fraction of sp³-hybridized carbons (Fsp3) is 0.438. The highest BCUT2D eigenvalue weighted by atomic mass is 16.5. The molecule has 0 atom stereocenters. The lowest BCUT2D eigenvalue weighted by molar-refractivity contribution is 0.110. The minimum atomic E-state index is 0.633.